The van der Waals surface area contributed by atoms with Gasteiger partial charge in [-0.15, -0.1) is 0 Å². The molecule has 2 atom stereocenters. The monoisotopic (exact) mass is 526 g/mol. The molecule has 1 aromatic heterocycles. The van der Waals surface area contributed by atoms with Crippen molar-refractivity contribution in [1.82, 2.24) is 20.5 Å². The van der Waals surface area contributed by atoms with E-state index in [-0.39, 0.29) is 23.9 Å². The second-order valence-corrected chi connectivity index (χ2v) is 9.92. The maximum atomic E-state index is 13.2. The minimum atomic E-state index is -0.277. The number of nitrogens with zero attached hydrogens (tertiary/aromatic N) is 3. The molecular formula is C30H34N6O3. The number of hydrogen-bond donors (Lipinski definition) is 3. The van der Waals surface area contributed by atoms with Gasteiger partial charge in [0.1, 0.15) is 0 Å². The topological polar surface area (TPSA) is 107 Å². The molecule has 1 saturated heterocycles. The van der Waals surface area contributed by atoms with Gasteiger partial charge in [-0.3, -0.25) is 14.6 Å². The lowest BCUT2D eigenvalue weighted by atomic mass is 10.1. The molecule has 2 fully saturated rings. The summed E-state index contributed by atoms with van der Waals surface area (Å²) in [4.78, 5) is 46.6. The number of carbonyl (C=O) groups is 3. The van der Waals surface area contributed by atoms with Crippen molar-refractivity contribution in [1.29, 1.82) is 0 Å². The van der Waals surface area contributed by atoms with Gasteiger partial charge in [0.2, 0.25) is 0 Å². The molecule has 1 aliphatic heterocycles. The Morgan fingerprint density at radius 2 is 1.69 bits per heavy atom. The predicted molar refractivity (Wildman–Crippen MR) is 151 cm³/mol. The molecule has 39 heavy (non-hydrogen) atoms. The van der Waals surface area contributed by atoms with Crippen LogP contribution in [0.25, 0.3) is 0 Å². The van der Waals surface area contributed by atoms with Crippen molar-refractivity contribution in [2.45, 2.75) is 31.7 Å². The van der Waals surface area contributed by atoms with Crippen LogP contribution in [0.4, 0.5) is 16.2 Å². The number of urea groups is 1. The van der Waals surface area contributed by atoms with Gasteiger partial charge in [-0.25, -0.2) is 4.79 Å². The smallest absolute Gasteiger partial charge is 0.317 e. The second kappa shape index (κ2) is 12.0. The first kappa shape index (κ1) is 26.2. The summed E-state index contributed by atoms with van der Waals surface area (Å²) in [6.45, 7) is 5.05. The van der Waals surface area contributed by atoms with E-state index in [4.69, 9.17) is 0 Å². The Morgan fingerprint density at radius 1 is 0.897 bits per heavy atom. The number of hydrogen-bond acceptors (Lipinski definition) is 5. The highest BCUT2D eigenvalue weighted by atomic mass is 16.2. The Bertz CT molecular complexity index is 1320. The van der Waals surface area contributed by atoms with Crippen LogP contribution >= 0.6 is 0 Å². The van der Waals surface area contributed by atoms with Crippen molar-refractivity contribution in [3.63, 3.8) is 0 Å². The molecule has 2 unspecified atom stereocenters. The first-order valence-corrected chi connectivity index (χ1v) is 13.5. The maximum absolute atomic E-state index is 13.2. The molecule has 9 heteroatoms. The third-order valence-corrected chi connectivity index (χ3v) is 7.24. The summed E-state index contributed by atoms with van der Waals surface area (Å²) in [5.41, 5.74) is 3.58. The number of nitrogens with one attached hydrogen (secondary N) is 3. The van der Waals surface area contributed by atoms with E-state index in [2.05, 4.69) is 38.0 Å². The molecule has 2 aliphatic rings. The van der Waals surface area contributed by atoms with Crippen molar-refractivity contribution < 1.29 is 14.4 Å². The van der Waals surface area contributed by atoms with Gasteiger partial charge in [-0.2, -0.15) is 0 Å². The minimum absolute atomic E-state index is 0.0635. The molecule has 1 saturated carbocycles. The fourth-order valence-electron chi connectivity index (χ4n) is 5.05. The van der Waals surface area contributed by atoms with Crippen LogP contribution in [0.3, 0.4) is 0 Å². The van der Waals surface area contributed by atoms with Crippen molar-refractivity contribution in [2.75, 3.05) is 42.9 Å². The van der Waals surface area contributed by atoms with Gasteiger partial charge in [0, 0.05) is 68.2 Å². The highest BCUT2D eigenvalue weighted by molar-refractivity contribution is 6.07. The summed E-state index contributed by atoms with van der Waals surface area (Å²) in [7, 11) is 0. The standard InChI is InChI=1S/C30H34N6O3/c1-2-32-30(39)36-16-6-15-35(17-18-36)27-10-9-23(19-26(27)34-28(37)22-11-13-31-14-12-22)29(38)33-25-20-24(25)21-7-4-3-5-8-21/h3-5,7-14,19,24-25H,2,6,15-18,20H2,1H3,(H,32,39)(H,33,38)(H,34,37). The largest absolute Gasteiger partial charge is 0.368 e. The Hall–Kier alpha value is -4.40. The van der Waals surface area contributed by atoms with Crippen LogP contribution in [0.2, 0.25) is 0 Å². The lowest BCUT2D eigenvalue weighted by molar-refractivity contribution is 0.0949. The molecule has 2 aromatic carbocycles. The summed E-state index contributed by atoms with van der Waals surface area (Å²) in [5, 5.41) is 9.03. The van der Waals surface area contributed by atoms with Gasteiger partial charge < -0.3 is 25.8 Å². The van der Waals surface area contributed by atoms with E-state index in [1.165, 1.54) is 5.56 Å². The Kier molecular flexibility index (Phi) is 8.05. The average molecular weight is 527 g/mol. The quantitative estimate of drug-likeness (QED) is 0.434. The molecule has 4 amide bonds. The molecule has 0 radical (unpaired) electrons. The summed E-state index contributed by atoms with van der Waals surface area (Å²) < 4.78 is 0. The number of benzene rings is 2. The van der Waals surface area contributed by atoms with Crippen LogP contribution in [0.15, 0.2) is 73.1 Å². The van der Waals surface area contributed by atoms with E-state index < -0.39 is 0 Å². The van der Waals surface area contributed by atoms with Crippen molar-refractivity contribution in [2.24, 2.45) is 0 Å². The fraction of sp³-hybridized carbons (Fsp3) is 0.333. The molecule has 0 spiro atoms. The first-order chi connectivity index (χ1) is 19.0. The van der Waals surface area contributed by atoms with Crippen LogP contribution in [-0.2, 0) is 0 Å². The third kappa shape index (κ3) is 6.37. The van der Waals surface area contributed by atoms with Gasteiger partial charge in [0.25, 0.3) is 11.8 Å². The minimum Gasteiger partial charge on any atom is -0.368 e. The normalized spacial score (nSPS) is 18.6. The van der Waals surface area contributed by atoms with Gasteiger partial charge in [0.15, 0.2) is 0 Å². The Morgan fingerprint density at radius 3 is 2.46 bits per heavy atom. The SMILES string of the molecule is CCNC(=O)N1CCCN(c2ccc(C(=O)NC3CC3c3ccccc3)cc2NC(=O)c2ccncc2)CC1. The number of amides is 4. The molecule has 0 bridgehead atoms. The average Bonchev–Trinajstić information content (AvgIpc) is 3.77. The van der Waals surface area contributed by atoms with Crippen LogP contribution in [0, 0.1) is 0 Å². The Balaban J connectivity index is 1.35. The van der Waals surface area contributed by atoms with Crippen LogP contribution in [-0.4, -0.2) is 66.5 Å². The van der Waals surface area contributed by atoms with E-state index in [0.29, 0.717) is 48.9 Å². The van der Waals surface area contributed by atoms with E-state index >= 15 is 0 Å². The van der Waals surface area contributed by atoms with Crippen molar-refractivity contribution >= 4 is 29.2 Å². The highest BCUT2D eigenvalue weighted by Gasteiger charge is 2.39. The third-order valence-electron chi connectivity index (χ3n) is 7.24. The number of anilines is 2. The van der Waals surface area contributed by atoms with Gasteiger partial charge in [-0.1, -0.05) is 30.3 Å². The van der Waals surface area contributed by atoms with E-state index in [1.54, 1.807) is 36.7 Å². The van der Waals surface area contributed by atoms with E-state index in [0.717, 1.165) is 25.1 Å². The lowest BCUT2D eigenvalue weighted by Crippen LogP contribution is -2.42. The molecular weight excluding hydrogens is 492 g/mol. The Labute approximate surface area is 228 Å². The lowest BCUT2D eigenvalue weighted by Gasteiger charge is -2.26. The van der Waals surface area contributed by atoms with Crippen LogP contribution in [0.1, 0.15) is 52.0 Å². The number of aromatic nitrogens is 1. The second-order valence-electron chi connectivity index (χ2n) is 9.92. The summed E-state index contributed by atoms with van der Waals surface area (Å²) in [5.74, 6) is -0.116. The highest BCUT2D eigenvalue weighted by Crippen LogP contribution is 2.41. The molecule has 1 aliphatic carbocycles. The fourth-order valence-corrected chi connectivity index (χ4v) is 5.05. The maximum Gasteiger partial charge on any atom is 0.317 e. The molecule has 5 rings (SSSR count). The zero-order chi connectivity index (χ0) is 27.2. The number of carbonyl (C=O) groups excluding carboxylic acids is 3. The molecule has 2 heterocycles. The first-order valence-electron chi connectivity index (χ1n) is 13.5. The zero-order valence-corrected chi connectivity index (χ0v) is 22.1. The van der Waals surface area contributed by atoms with Crippen molar-refractivity contribution in [3.05, 3.63) is 89.7 Å². The van der Waals surface area contributed by atoms with Gasteiger partial charge >= 0.3 is 6.03 Å². The van der Waals surface area contributed by atoms with E-state index in [1.807, 2.05) is 36.1 Å². The summed E-state index contributed by atoms with van der Waals surface area (Å²) in [6, 6.07) is 19.0. The molecule has 9 nitrogen and oxygen atoms in total. The van der Waals surface area contributed by atoms with E-state index in [9.17, 15) is 14.4 Å². The zero-order valence-electron chi connectivity index (χ0n) is 22.1. The van der Waals surface area contributed by atoms with Gasteiger partial charge in [-0.05, 0) is 55.7 Å². The summed E-state index contributed by atoms with van der Waals surface area (Å²) >= 11 is 0. The van der Waals surface area contributed by atoms with Crippen molar-refractivity contribution in [3.8, 4) is 0 Å². The van der Waals surface area contributed by atoms with Crippen LogP contribution < -0.4 is 20.9 Å². The molecule has 3 aromatic rings. The van der Waals surface area contributed by atoms with Crippen LogP contribution in [0.5, 0.6) is 0 Å². The summed E-state index contributed by atoms with van der Waals surface area (Å²) in [6.07, 6.45) is 4.85. The molecule has 202 valence electrons. The predicted octanol–water partition coefficient (Wildman–Crippen LogP) is 3.86. The molecule has 3 N–H and O–H groups in total. The number of pyridine rings is 1. The van der Waals surface area contributed by atoms with Gasteiger partial charge in [0.05, 0.1) is 11.4 Å². The number of rotatable bonds is 7.